The molecular formula is C12H7Cl3S4. The first-order valence-electron chi connectivity index (χ1n) is 4.94. The highest BCUT2D eigenvalue weighted by molar-refractivity contribution is 7.82. The molecule has 0 nitrogen and oxygen atoms in total. The van der Waals surface area contributed by atoms with Crippen molar-refractivity contribution in [3.8, 4) is 11.1 Å². The lowest BCUT2D eigenvalue weighted by Crippen LogP contribution is -1.88. The fourth-order valence-electron chi connectivity index (χ4n) is 1.65. The van der Waals surface area contributed by atoms with Crippen LogP contribution >= 0.6 is 85.3 Å². The van der Waals surface area contributed by atoms with Crippen molar-refractivity contribution in [2.75, 3.05) is 0 Å². The molecule has 7 heteroatoms. The first-order chi connectivity index (χ1) is 8.82. The van der Waals surface area contributed by atoms with Crippen molar-refractivity contribution >= 4 is 85.3 Å². The maximum atomic E-state index is 6.25. The smallest absolute Gasteiger partial charge is 0.0796 e. The van der Waals surface area contributed by atoms with E-state index in [2.05, 4.69) is 50.5 Å². The van der Waals surface area contributed by atoms with E-state index in [4.69, 9.17) is 34.8 Å². The summed E-state index contributed by atoms with van der Waals surface area (Å²) in [5, 5.41) is 0.939. The fraction of sp³-hybridized carbons (Fsp3) is 0. The summed E-state index contributed by atoms with van der Waals surface area (Å²) < 4.78 is 0. The molecule has 0 fully saturated rings. The van der Waals surface area contributed by atoms with Gasteiger partial charge in [-0.25, -0.2) is 0 Å². The highest BCUT2D eigenvalue weighted by Crippen LogP contribution is 2.45. The molecule has 0 aliphatic carbocycles. The topological polar surface area (TPSA) is 0 Å². The van der Waals surface area contributed by atoms with E-state index in [0.29, 0.717) is 30.3 Å². The van der Waals surface area contributed by atoms with E-state index < -0.39 is 0 Å². The standard InChI is InChI=1S/C12H7Cl3S4/c13-10-5(3-8(19)11(14)12(10)15)9-6(17)1-4(16)2-7(9)18/h1-3,16-19H. The summed E-state index contributed by atoms with van der Waals surface area (Å²) in [5.41, 5.74) is 1.45. The lowest BCUT2D eigenvalue weighted by Gasteiger charge is -2.14. The Labute approximate surface area is 148 Å². The lowest BCUT2D eigenvalue weighted by atomic mass is 10.1. The van der Waals surface area contributed by atoms with E-state index in [0.717, 1.165) is 10.5 Å². The van der Waals surface area contributed by atoms with Gasteiger partial charge in [-0.05, 0) is 18.2 Å². The van der Waals surface area contributed by atoms with Crippen molar-refractivity contribution in [1.82, 2.24) is 0 Å². The van der Waals surface area contributed by atoms with Crippen LogP contribution in [-0.4, -0.2) is 0 Å². The van der Waals surface area contributed by atoms with Gasteiger partial charge in [0.15, 0.2) is 0 Å². The van der Waals surface area contributed by atoms with Crippen molar-refractivity contribution in [2.45, 2.75) is 19.6 Å². The molecule has 0 atom stereocenters. The molecule has 0 aliphatic rings. The molecule has 0 saturated carbocycles. The highest BCUT2D eigenvalue weighted by atomic mass is 35.5. The van der Waals surface area contributed by atoms with Crippen LogP contribution in [0.1, 0.15) is 0 Å². The minimum atomic E-state index is 0.265. The third kappa shape index (κ3) is 3.15. The zero-order valence-electron chi connectivity index (χ0n) is 9.15. The Kier molecular flexibility index (Phi) is 5.27. The van der Waals surface area contributed by atoms with Crippen molar-refractivity contribution < 1.29 is 0 Å². The van der Waals surface area contributed by atoms with Crippen LogP contribution in [0.5, 0.6) is 0 Å². The van der Waals surface area contributed by atoms with Crippen LogP contribution in [0.25, 0.3) is 11.1 Å². The normalized spacial score (nSPS) is 10.9. The van der Waals surface area contributed by atoms with Crippen LogP contribution in [0.15, 0.2) is 37.8 Å². The number of thiol groups is 4. The Bertz CT molecular complexity index is 648. The second-order valence-electron chi connectivity index (χ2n) is 3.74. The Morgan fingerprint density at radius 2 is 1.16 bits per heavy atom. The SMILES string of the molecule is Sc1cc(S)c(-c2cc(S)c(Cl)c(Cl)c2Cl)c(S)c1. The largest absolute Gasteiger partial charge is 0.143 e. The third-order valence-corrected chi connectivity index (χ3v) is 5.28. The van der Waals surface area contributed by atoms with Gasteiger partial charge >= 0.3 is 0 Å². The van der Waals surface area contributed by atoms with Gasteiger partial charge in [0, 0.05) is 30.7 Å². The van der Waals surface area contributed by atoms with Crippen molar-refractivity contribution in [1.29, 1.82) is 0 Å². The lowest BCUT2D eigenvalue weighted by molar-refractivity contribution is 1.24. The molecule has 0 spiro atoms. The summed E-state index contributed by atoms with van der Waals surface area (Å²) in [6.45, 7) is 0. The Morgan fingerprint density at radius 3 is 1.68 bits per heavy atom. The summed E-state index contributed by atoms with van der Waals surface area (Å²) in [6, 6.07) is 5.35. The first kappa shape index (κ1) is 16.1. The number of hydrogen-bond acceptors (Lipinski definition) is 4. The quantitative estimate of drug-likeness (QED) is 0.314. The van der Waals surface area contributed by atoms with Gasteiger partial charge in [0.25, 0.3) is 0 Å². The van der Waals surface area contributed by atoms with E-state index in [1.54, 1.807) is 18.2 Å². The molecule has 2 aromatic rings. The van der Waals surface area contributed by atoms with Crippen molar-refractivity contribution in [3.63, 3.8) is 0 Å². The average Bonchev–Trinajstić information content (AvgIpc) is 2.31. The van der Waals surface area contributed by atoms with Crippen molar-refractivity contribution in [2.24, 2.45) is 0 Å². The Balaban J connectivity index is 2.80. The van der Waals surface area contributed by atoms with Gasteiger partial charge in [-0.1, -0.05) is 34.8 Å². The van der Waals surface area contributed by atoms with E-state index >= 15 is 0 Å². The molecule has 0 heterocycles. The third-order valence-electron chi connectivity index (χ3n) is 2.48. The van der Waals surface area contributed by atoms with Crippen LogP contribution in [0, 0.1) is 0 Å². The molecule has 100 valence electrons. The Hall–Kier alpha value is 0.710. The minimum Gasteiger partial charge on any atom is -0.143 e. The number of rotatable bonds is 1. The van der Waals surface area contributed by atoms with Crippen LogP contribution in [-0.2, 0) is 0 Å². The molecule has 0 saturated heterocycles. The van der Waals surface area contributed by atoms with Gasteiger partial charge in [-0.15, -0.1) is 50.5 Å². The predicted molar refractivity (Wildman–Crippen MR) is 95.9 cm³/mol. The Morgan fingerprint density at radius 1 is 0.632 bits per heavy atom. The molecule has 0 aromatic heterocycles. The number of halogens is 3. The summed E-state index contributed by atoms with van der Waals surface area (Å²) in [6.07, 6.45) is 0. The molecule has 0 bridgehead atoms. The molecule has 0 radical (unpaired) electrons. The molecule has 0 unspecified atom stereocenters. The molecular weight excluding hydrogens is 379 g/mol. The molecule has 19 heavy (non-hydrogen) atoms. The van der Waals surface area contributed by atoms with Crippen LogP contribution in [0.4, 0.5) is 0 Å². The summed E-state index contributed by atoms with van der Waals surface area (Å²) in [5.74, 6) is 0. The van der Waals surface area contributed by atoms with E-state index in [1.165, 1.54) is 0 Å². The van der Waals surface area contributed by atoms with Gasteiger partial charge in [-0.2, -0.15) is 0 Å². The predicted octanol–water partition coefficient (Wildman–Crippen LogP) is 6.47. The molecule has 2 aromatic carbocycles. The number of benzene rings is 2. The zero-order chi connectivity index (χ0) is 14.3. The zero-order valence-corrected chi connectivity index (χ0v) is 15.0. The second kappa shape index (κ2) is 6.22. The highest BCUT2D eigenvalue weighted by Gasteiger charge is 2.17. The monoisotopic (exact) mass is 384 g/mol. The van der Waals surface area contributed by atoms with Gasteiger partial charge in [0.2, 0.25) is 0 Å². The second-order valence-corrected chi connectivity index (χ2v) is 6.84. The average molecular weight is 386 g/mol. The first-order valence-corrected chi connectivity index (χ1v) is 7.87. The molecule has 0 amide bonds. The van der Waals surface area contributed by atoms with Gasteiger partial charge < -0.3 is 0 Å². The van der Waals surface area contributed by atoms with Gasteiger partial charge in [0.05, 0.1) is 15.1 Å². The van der Waals surface area contributed by atoms with E-state index in [9.17, 15) is 0 Å². The van der Waals surface area contributed by atoms with Crippen LogP contribution in [0.3, 0.4) is 0 Å². The van der Waals surface area contributed by atoms with E-state index in [-0.39, 0.29) is 5.02 Å². The van der Waals surface area contributed by atoms with Gasteiger partial charge in [0.1, 0.15) is 0 Å². The number of hydrogen-bond donors (Lipinski definition) is 4. The van der Waals surface area contributed by atoms with E-state index in [1.807, 2.05) is 0 Å². The van der Waals surface area contributed by atoms with Crippen molar-refractivity contribution in [3.05, 3.63) is 33.3 Å². The molecule has 0 N–H and O–H groups in total. The maximum Gasteiger partial charge on any atom is 0.0796 e. The van der Waals surface area contributed by atoms with Gasteiger partial charge in [-0.3, -0.25) is 0 Å². The summed E-state index contributed by atoms with van der Waals surface area (Å²) in [7, 11) is 0. The summed E-state index contributed by atoms with van der Waals surface area (Å²) in [4.78, 5) is 2.71. The maximum absolute atomic E-state index is 6.25. The molecule has 2 rings (SSSR count). The fourth-order valence-corrected chi connectivity index (χ4v) is 3.91. The summed E-state index contributed by atoms with van der Waals surface area (Å²) >= 11 is 35.8. The minimum absolute atomic E-state index is 0.265. The molecule has 0 aliphatic heterocycles. The van der Waals surface area contributed by atoms with Crippen LogP contribution < -0.4 is 0 Å². The van der Waals surface area contributed by atoms with Crippen LogP contribution in [0.2, 0.25) is 15.1 Å².